The monoisotopic (exact) mass is 266 g/mol. The molecule has 1 atom stereocenters. The molecule has 0 saturated heterocycles. The van der Waals surface area contributed by atoms with Crippen LogP contribution in [0.2, 0.25) is 5.02 Å². The summed E-state index contributed by atoms with van der Waals surface area (Å²) in [6.45, 7) is 0.245. The number of methoxy groups -OCH3 is 1. The Kier molecular flexibility index (Phi) is 2.85. The van der Waals surface area contributed by atoms with Gasteiger partial charge in [0, 0.05) is 12.5 Å². The molecule has 1 N–H and O–H groups in total. The second kappa shape index (κ2) is 4.26. The van der Waals surface area contributed by atoms with Crippen LogP contribution < -0.4 is 0 Å². The van der Waals surface area contributed by atoms with E-state index in [-0.39, 0.29) is 12.5 Å². The first-order chi connectivity index (χ1) is 8.65. The average Bonchev–Trinajstić information content (AvgIpc) is 3.10. The maximum atomic E-state index is 10.8. The number of ether oxygens (including phenoxy) is 1. The lowest BCUT2D eigenvalue weighted by molar-refractivity contribution is -0.0669. The summed E-state index contributed by atoms with van der Waals surface area (Å²) in [4.78, 5) is 0. The van der Waals surface area contributed by atoms with Crippen LogP contribution in [-0.4, -0.2) is 18.8 Å². The minimum atomic E-state index is -1.03. The van der Waals surface area contributed by atoms with Crippen LogP contribution in [0.25, 0.3) is 11.0 Å². The Morgan fingerprint density at radius 2 is 2.28 bits per heavy atom. The molecule has 1 aliphatic rings. The van der Waals surface area contributed by atoms with Crippen LogP contribution >= 0.6 is 11.6 Å². The van der Waals surface area contributed by atoms with Gasteiger partial charge in [0.05, 0.1) is 11.6 Å². The Morgan fingerprint density at radius 1 is 1.50 bits per heavy atom. The van der Waals surface area contributed by atoms with Gasteiger partial charge in [0.15, 0.2) is 5.58 Å². The van der Waals surface area contributed by atoms with Crippen LogP contribution in [0, 0.1) is 5.92 Å². The Hall–Kier alpha value is -1.03. The van der Waals surface area contributed by atoms with E-state index in [0.29, 0.717) is 16.4 Å². The van der Waals surface area contributed by atoms with Crippen LogP contribution in [-0.2, 0) is 10.3 Å². The summed E-state index contributed by atoms with van der Waals surface area (Å²) in [7, 11) is 1.59. The topological polar surface area (TPSA) is 42.6 Å². The number of benzene rings is 1. The molecule has 1 heterocycles. The highest BCUT2D eigenvalue weighted by Crippen LogP contribution is 2.47. The lowest BCUT2D eigenvalue weighted by Gasteiger charge is -2.24. The summed E-state index contributed by atoms with van der Waals surface area (Å²) in [5, 5.41) is 12.2. The number of fused-ring (bicyclic) bond motifs is 1. The van der Waals surface area contributed by atoms with Crippen molar-refractivity contribution in [1.29, 1.82) is 0 Å². The molecule has 0 spiro atoms. The second-order valence-electron chi connectivity index (χ2n) is 4.90. The van der Waals surface area contributed by atoms with E-state index < -0.39 is 5.60 Å². The van der Waals surface area contributed by atoms with E-state index in [1.54, 1.807) is 13.2 Å². The molecule has 1 saturated carbocycles. The van der Waals surface area contributed by atoms with Crippen molar-refractivity contribution in [2.75, 3.05) is 13.7 Å². The molecule has 1 aliphatic carbocycles. The first-order valence-electron chi connectivity index (χ1n) is 6.05. The third-order valence-electron chi connectivity index (χ3n) is 3.54. The quantitative estimate of drug-likeness (QED) is 0.923. The smallest absolute Gasteiger partial charge is 0.153 e. The molecule has 0 aliphatic heterocycles. The molecule has 0 radical (unpaired) electrons. The number of furan rings is 1. The number of hydrogen-bond donors (Lipinski definition) is 1. The van der Waals surface area contributed by atoms with Gasteiger partial charge in [-0.15, -0.1) is 0 Å². The molecule has 1 unspecified atom stereocenters. The van der Waals surface area contributed by atoms with E-state index in [9.17, 15) is 5.11 Å². The highest BCUT2D eigenvalue weighted by atomic mass is 35.5. The van der Waals surface area contributed by atoms with Crippen molar-refractivity contribution in [1.82, 2.24) is 0 Å². The molecule has 3 rings (SSSR count). The van der Waals surface area contributed by atoms with Crippen molar-refractivity contribution in [2.24, 2.45) is 5.92 Å². The Balaban J connectivity index is 2.09. The van der Waals surface area contributed by atoms with Gasteiger partial charge in [-0.25, -0.2) is 0 Å². The second-order valence-corrected chi connectivity index (χ2v) is 5.31. The molecule has 18 heavy (non-hydrogen) atoms. The average molecular weight is 267 g/mol. The summed E-state index contributed by atoms with van der Waals surface area (Å²) >= 11 is 6.09. The number of para-hydroxylation sites is 1. The highest BCUT2D eigenvalue weighted by molar-refractivity contribution is 6.34. The largest absolute Gasteiger partial charge is 0.456 e. The maximum Gasteiger partial charge on any atom is 0.153 e. The third kappa shape index (κ3) is 1.83. The summed E-state index contributed by atoms with van der Waals surface area (Å²) in [5.74, 6) is 0.770. The van der Waals surface area contributed by atoms with Crippen molar-refractivity contribution in [3.05, 3.63) is 35.0 Å². The fourth-order valence-electron chi connectivity index (χ4n) is 2.41. The van der Waals surface area contributed by atoms with Crippen LogP contribution in [0.5, 0.6) is 0 Å². The van der Waals surface area contributed by atoms with Gasteiger partial charge < -0.3 is 14.3 Å². The fourth-order valence-corrected chi connectivity index (χ4v) is 2.63. The van der Waals surface area contributed by atoms with Gasteiger partial charge >= 0.3 is 0 Å². The number of aliphatic hydroxyl groups is 1. The van der Waals surface area contributed by atoms with Crippen molar-refractivity contribution < 1.29 is 14.3 Å². The zero-order valence-corrected chi connectivity index (χ0v) is 10.9. The van der Waals surface area contributed by atoms with Gasteiger partial charge in [-0.2, -0.15) is 0 Å². The zero-order valence-electron chi connectivity index (χ0n) is 10.1. The summed E-state index contributed by atoms with van der Waals surface area (Å²) in [5.41, 5.74) is -0.402. The van der Waals surface area contributed by atoms with E-state index in [0.717, 1.165) is 18.2 Å². The molecular weight excluding hydrogens is 252 g/mol. The zero-order chi connectivity index (χ0) is 12.8. The lowest BCUT2D eigenvalue weighted by atomic mass is 9.95. The SMILES string of the molecule is COCC(O)(c1cc2cccc(Cl)c2o1)C1CC1. The predicted molar refractivity (Wildman–Crippen MR) is 69.7 cm³/mol. The van der Waals surface area contributed by atoms with Crippen LogP contribution in [0.1, 0.15) is 18.6 Å². The third-order valence-corrected chi connectivity index (χ3v) is 3.84. The van der Waals surface area contributed by atoms with Gasteiger partial charge in [0.1, 0.15) is 11.4 Å². The molecule has 0 amide bonds. The van der Waals surface area contributed by atoms with Crippen molar-refractivity contribution in [3.63, 3.8) is 0 Å². The molecule has 1 aromatic heterocycles. The fraction of sp³-hybridized carbons (Fsp3) is 0.429. The minimum Gasteiger partial charge on any atom is -0.456 e. The number of rotatable bonds is 4. The van der Waals surface area contributed by atoms with Crippen molar-refractivity contribution in [2.45, 2.75) is 18.4 Å². The molecular formula is C14H15ClO3. The molecule has 1 fully saturated rings. The van der Waals surface area contributed by atoms with Crippen molar-refractivity contribution >= 4 is 22.6 Å². The molecule has 3 nitrogen and oxygen atoms in total. The molecule has 1 aromatic carbocycles. The highest BCUT2D eigenvalue weighted by Gasteiger charge is 2.47. The van der Waals surface area contributed by atoms with Gasteiger partial charge in [-0.05, 0) is 30.9 Å². The van der Waals surface area contributed by atoms with Gasteiger partial charge in [-0.1, -0.05) is 23.7 Å². The van der Waals surface area contributed by atoms with Crippen LogP contribution in [0.4, 0.5) is 0 Å². The van der Waals surface area contributed by atoms with Gasteiger partial charge in [0.25, 0.3) is 0 Å². The number of hydrogen-bond acceptors (Lipinski definition) is 3. The summed E-state index contributed by atoms with van der Waals surface area (Å²) in [6.07, 6.45) is 2.01. The van der Waals surface area contributed by atoms with Gasteiger partial charge in [0.2, 0.25) is 0 Å². The Labute approximate surface area is 110 Å². The minimum absolute atomic E-state index is 0.219. The van der Waals surface area contributed by atoms with E-state index in [1.165, 1.54) is 0 Å². The van der Waals surface area contributed by atoms with Crippen LogP contribution in [0.3, 0.4) is 0 Å². The molecule has 96 valence electrons. The normalized spacial score (nSPS) is 19.1. The molecule has 0 bridgehead atoms. The Bertz CT molecular complexity index is 573. The van der Waals surface area contributed by atoms with Crippen molar-refractivity contribution in [3.8, 4) is 0 Å². The van der Waals surface area contributed by atoms with E-state index in [2.05, 4.69) is 0 Å². The summed E-state index contributed by atoms with van der Waals surface area (Å²) in [6, 6.07) is 7.44. The van der Waals surface area contributed by atoms with E-state index in [1.807, 2.05) is 18.2 Å². The summed E-state index contributed by atoms with van der Waals surface area (Å²) < 4.78 is 10.9. The van der Waals surface area contributed by atoms with E-state index >= 15 is 0 Å². The van der Waals surface area contributed by atoms with Gasteiger partial charge in [-0.3, -0.25) is 0 Å². The number of halogens is 1. The first-order valence-corrected chi connectivity index (χ1v) is 6.43. The molecule has 2 aromatic rings. The predicted octanol–water partition coefficient (Wildman–Crippen LogP) is 3.33. The lowest BCUT2D eigenvalue weighted by Crippen LogP contribution is -2.33. The molecule has 4 heteroatoms. The standard InChI is InChI=1S/C14H15ClO3/c1-17-8-14(16,10-5-6-10)12-7-9-3-2-4-11(15)13(9)18-12/h2-4,7,10,16H,5-6,8H2,1H3. The first kappa shape index (κ1) is 12.0. The van der Waals surface area contributed by atoms with Crippen LogP contribution in [0.15, 0.2) is 28.7 Å². The Morgan fingerprint density at radius 3 is 2.89 bits per heavy atom. The van der Waals surface area contributed by atoms with E-state index in [4.69, 9.17) is 20.8 Å². The maximum absolute atomic E-state index is 10.8.